The normalized spacial score (nSPS) is 9.79. The highest BCUT2D eigenvalue weighted by molar-refractivity contribution is 5.84. The van der Waals surface area contributed by atoms with Gasteiger partial charge in [-0.05, 0) is 0 Å². The minimum atomic E-state index is -1.05. The van der Waals surface area contributed by atoms with Crippen molar-refractivity contribution in [2.24, 2.45) is 0 Å². The third-order valence-electron chi connectivity index (χ3n) is 1.60. The average Bonchev–Trinajstić information content (AvgIpc) is 2.52. The first kappa shape index (κ1) is 10.2. The second-order valence-electron chi connectivity index (χ2n) is 2.78. The average molecular weight is 197 g/mol. The van der Waals surface area contributed by atoms with Crippen molar-refractivity contribution in [1.82, 2.24) is 14.9 Å². The summed E-state index contributed by atoms with van der Waals surface area (Å²) >= 11 is 0. The Bertz CT molecular complexity index is 345. The number of carboxylic acid groups (broad SMARTS) is 1. The Hall–Kier alpha value is -1.85. The molecule has 0 aliphatic carbocycles. The SMILES string of the molecule is CC(=O)NCCn1cnc(C(=O)O)c1. The van der Waals surface area contributed by atoms with Crippen molar-refractivity contribution >= 4 is 11.9 Å². The van der Waals surface area contributed by atoms with E-state index in [4.69, 9.17) is 5.11 Å². The summed E-state index contributed by atoms with van der Waals surface area (Å²) in [6.45, 7) is 2.40. The van der Waals surface area contributed by atoms with Gasteiger partial charge < -0.3 is 15.0 Å². The molecule has 0 radical (unpaired) electrons. The van der Waals surface area contributed by atoms with Crippen LogP contribution in [0.1, 0.15) is 17.4 Å². The summed E-state index contributed by atoms with van der Waals surface area (Å²) in [4.78, 5) is 24.6. The van der Waals surface area contributed by atoms with Crippen LogP contribution in [0.4, 0.5) is 0 Å². The quantitative estimate of drug-likeness (QED) is 0.695. The molecule has 0 aliphatic heterocycles. The Morgan fingerprint density at radius 3 is 2.86 bits per heavy atom. The monoisotopic (exact) mass is 197 g/mol. The van der Waals surface area contributed by atoms with Gasteiger partial charge in [-0.15, -0.1) is 0 Å². The molecule has 6 nitrogen and oxygen atoms in total. The van der Waals surface area contributed by atoms with E-state index >= 15 is 0 Å². The first-order chi connectivity index (χ1) is 6.59. The number of rotatable bonds is 4. The summed E-state index contributed by atoms with van der Waals surface area (Å²) in [5.74, 6) is -1.16. The summed E-state index contributed by atoms with van der Waals surface area (Å²) in [6, 6.07) is 0. The molecule has 0 spiro atoms. The first-order valence-corrected chi connectivity index (χ1v) is 4.09. The van der Waals surface area contributed by atoms with Crippen molar-refractivity contribution in [1.29, 1.82) is 0 Å². The van der Waals surface area contributed by atoms with Gasteiger partial charge in [0.2, 0.25) is 5.91 Å². The molecule has 1 aromatic heterocycles. The van der Waals surface area contributed by atoms with E-state index in [1.165, 1.54) is 19.4 Å². The molecular weight excluding hydrogens is 186 g/mol. The number of carbonyl (C=O) groups excluding carboxylic acids is 1. The molecule has 0 saturated heterocycles. The van der Waals surface area contributed by atoms with Gasteiger partial charge in [0.25, 0.3) is 0 Å². The van der Waals surface area contributed by atoms with Crippen LogP contribution in [0, 0.1) is 0 Å². The van der Waals surface area contributed by atoms with E-state index in [0.717, 1.165) is 0 Å². The molecule has 76 valence electrons. The molecule has 6 heteroatoms. The lowest BCUT2D eigenvalue weighted by Crippen LogP contribution is -2.24. The van der Waals surface area contributed by atoms with Crippen molar-refractivity contribution < 1.29 is 14.7 Å². The summed E-state index contributed by atoms with van der Waals surface area (Å²) in [5, 5.41) is 11.2. The second-order valence-corrected chi connectivity index (χ2v) is 2.78. The van der Waals surface area contributed by atoms with Gasteiger partial charge in [0.05, 0.1) is 6.33 Å². The fraction of sp³-hybridized carbons (Fsp3) is 0.375. The Labute approximate surface area is 80.6 Å². The van der Waals surface area contributed by atoms with Crippen LogP contribution in [0.15, 0.2) is 12.5 Å². The maximum atomic E-state index is 10.5. The van der Waals surface area contributed by atoms with Gasteiger partial charge in [-0.25, -0.2) is 9.78 Å². The van der Waals surface area contributed by atoms with E-state index in [1.807, 2.05) is 0 Å². The number of imidazole rings is 1. The third kappa shape index (κ3) is 2.89. The van der Waals surface area contributed by atoms with Gasteiger partial charge in [-0.3, -0.25) is 4.79 Å². The van der Waals surface area contributed by atoms with E-state index in [0.29, 0.717) is 13.1 Å². The summed E-state index contributed by atoms with van der Waals surface area (Å²) in [6.07, 6.45) is 2.84. The maximum Gasteiger partial charge on any atom is 0.356 e. The number of nitrogens with zero attached hydrogens (tertiary/aromatic N) is 2. The number of aromatic nitrogens is 2. The second kappa shape index (κ2) is 4.40. The van der Waals surface area contributed by atoms with Crippen LogP contribution in [0.2, 0.25) is 0 Å². The highest BCUT2D eigenvalue weighted by Gasteiger charge is 2.05. The lowest BCUT2D eigenvalue weighted by atomic mass is 10.5. The molecule has 0 aliphatic rings. The molecule has 1 heterocycles. The number of carboxylic acids is 1. The number of amides is 1. The topological polar surface area (TPSA) is 84.2 Å². The van der Waals surface area contributed by atoms with E-state index in [1.54, 1.807) is 4.57 Å². The van der Waals surface area contributed by atoms with Crippen LogP contribution in [0.3, 0.4) is 0 Å². The molecule has 0 saturated carbocycles. The van der Waals surface area contributed by atoms with Crippen molar-refractivity contribution in [3.8, 4) is 0 Å². The molecule has 0 bridgehead atoms. The van der Waals surface area contributed by atoms with Gasteiger partial charge >= 0.3 is 5.97 Å². The molecule has 1 amide bonds. The summed E-state index contributed by atoms with van der Waals surface area (Å²) < 4.78 is 1.61. The van der Waals surface area contributed by atoms with Crippen LogP contribution < -0.4 is 5.32 Å². The van der Waals surface area contributed by atoms with Crippen LogP contribution in [0.25, 0.3) is 0 Å². The van der Waals surface area contributed by atoms with Gasteiger partial charge in [-0.2, -0.15) is 0 Å². The van der Waals surface area contributed by atoms with Gasteiger partial charge in [-0.1, -0.05) is 0 Å². The molecule has 0 fully saturated rings. The number of nitrogens with one attached hydrogen (secondary N) is 1. The molecule has 0 atom stereocenters. The lowest BCUT2D eigenvalue weighted by Gasteiger charge is -2.01. The standard InChI is InChI=1S/C8H11N3O3/c1-6(12)9-2-3-11-4-7(8(13)14)10-5-11/h4-5H,2-3H2,1H3,(H,9,12)(H,13,14). The van der Waals surface area contributed by atoms with Crippen LogP contribution >= 0.6 is 0 Å². The Morgan fingerprint density at radius 1 is 1.64 bits per heavy atom. The molecule has 1 rings (SSSR count). The number of carbonyl (C=O) groups is 2. The Morgan fingerprint density at radius 2 is 2.36 bits per heavy atom. The zero-order chi connectivity index (χ0) is 10.6. The van der Waals surface area contributed by atoms with Crippen LogP contribution in [-0.4, -0.2) is 33.1 Å². The van der Waals surface area contributed by atoms with E-state index in [2.05, 4.69) is 10.3 Å². The predicted molar refractivity (Wildman–Crippen MR) is 47.9 cm³/mol. The highest BCUT2D eigenvalue weighted by atomic mass is 16.4. The van der Waals surface area contributed by atoms with Gasteiger partial charge in [0.15, 0.2) is 5.69 Å². The maximum absolute atomic E-state index is 10.5. The van der Waals surface area contributed by atoms with Crippen LogP contribution in [0.5, 0.6) is 0 Å². The van der Waals surface area contributed by atoms with Crippen molar-refractivity contribution in [3.05, 3.63) is 18.2 Å². The summed E-state index contributed by atoms with van der Waals surface area (Å²) in [5.41, 5.74) is 0.00725. The zero-order valence-electron chi connectivity index (χ0n) is 7.73. The third-order valence-corrected chi connectivity index (χ3v) is 1.60. The number of aromatic carboxylic acids is 1. The Kier molecular flexibility index (Phi) is 3.22. The van der Waals surface area contributed by atoms with Crippen molar-refractivity contribution in [3.63, 3.8) is 0 Å². The molecule has 0 unspecified atom stereocenters. The number of hydrogen-bond acceptors (Lipinski definition) is 3. The fourth-order valence-corrected chi connectivity index (χ4v) is 0.954. The molecule has 1 aromatic rings. The van der Waals surface area contributed by atoms with Crippen molar-refractivity contribution in [2.75, 3.05) is 6.54 Å². The Balaban J connectivity index is 2.44. The van der Waals surface area contributed by atoms with Gasteiger partial charge in [0, 0.05) is 26.2 Å². The molecule has 0 aromatic carbocycles. The molecular formula is C8H11N3O3. The number of hydrogen-bond donors (Lipinski definition) is 2. The van der Waals surface area contributed by atoms with E-state index < -0.39 is 5.97 Å². The molecule has 14 heavy (non-hydrogen) atoms. The first-order valence-electron chi connectivity index (χ1n) is 4.09. The van der Waals surface area contributed by atoms with Crippen molar-refractivity contribution in [2.45, 2.75) is 13.5 Å². The smallest absolute Gasteiger partial charge is 0.356 e. The van der Waals surface area contributed by atoms with Gasteiger partial charge in [0.1, 0.15) is 0 Å². The molecule has 2 N–H and O–H groups in total. The largest absolute Gasteiger partial charge is 0.476 e. The predicted octanol–water partition coefficient (Wildman–Crippen LogP) is -0.283. The summed E-state index contributed by atoms with van der Waals surface area (Å²) in [7, 11) is 0. The highest BCUT2D eigenvalue weighted by Crippen LogP contribution is 1.94. The minimum absolute atomic E-state index is 0.00725. The lowest BCUT2D eigenvalue weighted by molar-refractivity contribution is -0.118. The fourth-order valence-electron chi connectivity index (χ4n) is 0.954. The van der Waals surface area contributed by atoms with E-state index in [-0.39, 0.29) is 11.6 Å². The van der Waals surface area contributed by atoms with Crippen LogP contribution in [-0.2, 0) is 11.3 Å². The van der Waals surface area contributed by atoms with E-state index in [9.17, 15) is 9.59 Å². The minimum Gasteiger partial charge on any atom is -0.476 e. The zero-order valence-corrected chi connectivity index (χ0v) is 7.73.